The molecule has 1 heterocycles. The zero-order valence-electron chi connectivity index (χ0n) is 27.1. The summed E-state index contributed by atoms with van der Waals surface area (Å²) in [6.07, 6.45) is 3.96. The van der Waals surface area contributed by atoms with Gasteiger partial charge in [0.05, 0.1) is 5.56 Å². The number of benzene rings is 3. The zero-order chi connectivity index (χ0) is 31.5. The van der Waals surface area contributed by atoms with E-state index in [0.29, 0.717) is 36.9 Å². The van der Waals surface area contributed by atoms with E-state index in [1.54, 1.807) is 6.07 Å². The summed E-state index contributed by atoms with van der Waals surface area (Å²) < 4.78 is 5.44. The molecule has 0 radical (unpaired) electrons. The molecule has 7 nitrogen and oxygen atoms in total. The van der Waals surface area contributed by atoms with Gasteiger partial charge in [0.25, 0.3) is 5.91 Å². The van der Waals surface area contributed by atoms with Gasteiger partial charge < -0.3 is 25.6 Å². The van der Waals surface area contributed by atoms with Crippen molar-refractivity contribution in [1.29, 1.82) is 0 Å². The lowest BCUT2D eigenvalue weighted by molar-refractivity contribution is 0.0944. The Bertz CT molecular complexity index is 1340. The molecular formula is C37H50N4O3. The fraction of sp³-hybridized carbons (Fsp3) is 0.459. The van der Waals surface area contributed by atoms with Crippen LogP contribution in [0.1, 0.15) is 92.8 Å². The van der Waals surface area contributed by atoms with Crippen molar-refractivity contribution in [3.05, 3.63) is 89.0 Å². The number of carbonyl (C=O) groups excluding carboxylic acids is 2. The van der Waals surface area contributed by atoms with Gasteiger partial charge in [0, 0.05) is 49.9 Å². The fourth-order valence-electron chi connectivity index (χ4n) is 5.98. The fourth-order valence-corrected chi connectivity index (χ4v) is 5.98. The second-order valence-electron chi connectivity index (χ2n) is 12.4. The summed E-state index contributed by atoms with van der Waals surface area (Å²) in [5.41, 5.74) is 6.50. The minimum atomic E-state index is -0.322. The first-order valence-electron chi connectivity index (χ1n) is 16.3. The second kappa shape index (κ2) is 16.3. The van der Waals surface area contributed by atoms with Crippen LogP contribution in [0.15, 0.2) is 66.7 Å². The van der Waals surface area contributed by atoms with Gasteiger partial charge in [-0.25, -0.2) is 4.79 Å². The summed E-state index contributed by atoms with van der Waals surface area (Å²) in [6.45, 7) is 14.1. The topological polar surface area (TPSA) is 82.7 Å². The average molecular weight is 599 g/mol. The Hall–Kier alpha value is -3.84. The maximum Gasteiger partial charge on any atom is 0.323 e. The number of nitrogens with one attached hydrogen (secondary N) is 3. The van der Waals surface area contributed by atoms with Crippen molar-refractivity contribution in [3.8, 4) is 0 Å². The molecule has 0 bridgehead atoms. The molecule has 236 valence electrons. The Morgan fingerprint density at radius 2 is 1.57 bits per heavy atom. The number of amides is 3. The van der Waals surface area contributed by atoms with Gasteiger partial charge in [-0.05, 0) is 85.3 Å². The van der Waals surface area contributed by atoms with Crippen molar-refractivity contribution < 1.29 is 14.3 Å². The minimum Gasteiger partial charge on any atom is -0.382 e. The highest BCUT2D eigenvalue weighted by Gasteiger charge is 2.24. The second-order valence-corrected chi connectivity index (χ2v) is 12.4. The summed E-state index contributed by atoms with van der Waals surface area (Å²) in [5.74, 6) is 1.01. The van der Waals surface area contributed by atoms with Crippen molar-refractivity contribution >= 4 is 29.0 Å². The summed E-state index contributed by atoms with van der Waals surface area (Å²) in [6, 6.07) is 22.2. The summed E-state index contributed by atoms with van der Waals surface area (Å²) >= 11 is 0. The monoisotopic (exact) mass is 598 g/mol. The van der Waals surface area contributed by atoms with Crippen molar-refractivity contribution in [3.63, 3.8) is 0 Å². The van der Waals surface area contributed by atoms with Crippen LogP contribution in [0.5, 0.6) is 0 Å². The summed E-state index contributed by atoms with van der Waals surface area (Å²) in [4.78, 5) is 29.1. The van der Waals surface area contributed by atoms with E-state index in [1.165, 1.54) is 5.56 Å². The normalized spacial score (nSPS) is 13.8. The summed E-state index contributed by atoms with van der Waals surface area (Å²) in [5, 5.41) is 9.18. The van der Waals surface area contributed by atoms with Crippen LogP contribution in [0.2, 0.25) is 0 Å². The number of hydrogen-bond acceptors (Lipinski definition) is 4. The molecule has 3 aromatic carbocycles. The molecule has 1 fully saturated rings. The molecule has 3 N–H and O–H groups in total. The van der Waals surface area contributed by atoms with Crippen molar-refractivity contribution in [2.75, 3.05) is 48.4 Å². The maximum absolute atomic E-state index is 13.5. The highest BCUT2D eigenvalue weighted by atomic mass is 16.5. The lowest BCUT2D eigenvalue weighted by atomic mass is 9.89. The number of nitrogens with zero attached hydrogens (tertiary/aromatic N) is 1. The van der Waals surface area contributed by atoms with E-state index in [0.717, 1.165) is 61.3 Å². The van der Waals surface area contributed by atoms with Crippen LogP contribution >= 0.6 is 0 Å². The predicted molar refractivity (Wildman–Crippen MR) is 182 cm³/mol. The van der Waals surface area contributed by atoms with E-state index in [1.807, 2.05) is 19.1 Å². The van der Waals surface area contributed by atoms with Crippen molar-refractivity contribution in [2.45, 2.75) is 72.1 Å². The third kappa shape index (κ3) is 9.08. The van der Waals surface area contributed by atoms with Gasteiger partial charge in [-0.1, -0.05) is 76.2 Å². The van der Waals surface area contributed by atoms with Crippen molar-refractivity contribution in [2.24, 2.45) is 5.92 Å². The number of piperidine rings is 1. The number of urea groups is 1. The first kappa shape index (κ1) is 33.1. The quantitative estimate of drug-likeness (QED) is 0.173. The Kier molecular flexibility index (Phi) is 12.2. The number of hydrogen-bond donors (Lipinski definition) is 3. The van der Waals surface area contributed by atoms with E-state index in [9.17, 15) is 9.59 Å². The van der Waals surface area contributed by atoms with Gasteiger partial charge in [-0.3, -0.25) is 4.79 Å². The SMILES string of the molecule is CCOCCCNC(=O)c1cc(NC(=O)Nc2c(C(C)C)cccc2C(C)C)ccc1N1CCC(Cc2ccccc2)CC1. The van der Waals surface area contributed by atoms with Crippen LogP contribution in [-0.4, -0.2) is 44.8 Å². The molecule has 0 aromatic heterocycles. The predicted octanol–water partition coefficient (Wildman–Crippen LogP) is 8.19. The number of para-hydroxylation sites is 1. The van der Waals surface area contributed by atoms with Crippen LogP contribution in [0, 0.1) is 5.92 Å². The molecule has 1 saturated heterocycles. The molecule has 4 rings (SSSR count). The number of anilines is 3. The van der Waals surface area contributed by atoms with Gasteiger partial charge in [0.1, 0.15) is 0 Å². The number of rotatable bonds is 13. The van der Waals surface area contributed by atoms with Crippen LogP contribution in [0.25, 0.3) is 0 Å². The molecule has 1 aliphatic rings. The third-order valence-corrected chi connectivity index (χ3v) is 8.39. The lowest BCUT2D eigenvalue weighted by Gasteiger charge is -2.35. The van der Waals surface area contributed by atoms with E-state index in [-0.39, 0.29) is 23.8 Å². The molecule has 0 spiro atoms. The lowest BCUT2D eigenvalue weighted by Crippen LogP contribution is -2.36. The van der Waals surface area contributed by atoms with E-state index < -0.39 is 0 Å². The molecule has 7 heteroatoms. The Morgan fingerprint density at radius 1 is 0.886 bits per heavy atom. The first-order valence-corrected chi connectivity index (χ1v) is 16.3. The standard InChI is InChI=1S/C37H50N4O3/c1-6-44-23-11-20-38-36(42)33-25-30(39-37(43)40-35-31(26(2)3)14-10-15-32(35)27(4)5)16-17-34(33)41-21-18-29(19-22-41)24-28-12-8-7-9-13-28/h7-10,12-17,25-27,29H,6,11,18-24H2,1-5H3,(H,38,42)(H2,39,40,43). The molecule has 44 heavy (non-hydrogen) atoms. The largest absolute Gasteiger partial charge is 0.382 e. The Labute approximate surface area is 263 Å². The molecule has 3 aromatic rings. The van der Waals surface area contributed by atoms with E-state index >= 15 is 0 Å². The van der Waals surface area contributed by atoms with E-state index in [4.69, 9.17) is 4.74 Å². The van der Waals surface area contributed by atoms with Gasteiger partial charge in [-0.15, -0.1) is 0 Å². The van der Waals surface area contributed by atoms with E-state index in [2.05, 4.69) is 97.1 Å². The molecule has 0 unspecified atom stereocenters. The zero-order valence-corrected chi connectivity index (χ0v) is 27.1. The van der Waals surface area contributed by atoms with Gasteiger partial charge >= 0.3 is 6.03 Å². The molecule has 0 atom stereocenters. The molecule has 0 aliphatic carbocycles. The number of ether oxygens (including phenoxy) is 1. The minimum absolute atomic E-state index is 0.140. The smallest absolute Gasteiger partial charge is 0.323 e. The Morgan fingerprint density at radius 3 is 2.20 bits per heavy atom. The van der Waals surface area contributed by atoms with Crippen LogP contribution in [0.4, 0.5) is 21.9 Å². The average Bonchev–Trinajstić information content (AvgIpc) is 3.01. The molecule has 0 saturated carbocycles. The highest BCUT2D eigenvalue weighted by molar-refractivity contribution is 6.04. The van der Waals surface area contributed by atoms with Gasteiger partial charge in [0.2, 0.25) is 0 Å². The molecule has 1 aliphatic heterocycles. The van der Waals surface area contributed by atoms with Gasteiger partial charge in [0.15, 0.2) is 0 Å². The van der Waals surface area contributed by atoms with Crippen LogP contribution < -0.4 is 20.9 Å². The maximum atomic E-state index is 13.5. The first-order chi connectivity index (χ1) is 21.3. The Balaban J connectivity index is 1.50. The third-order valence-electron chi connectivity index (χ3n) is 8.39. The summed E-state index contributed by atoms with van der Waals surface area (Å²) in [7, 11) is 0. The van der Waals surface area contributed by atoms with Crippen LogP contribution in [-0.2, 0) is 11.2 Å². The van der Waals surface area contributed by atoms with Crippen molar-refractivity contribution in [1.82, 2.24) is 5.32 Å². The molecular weight excluding hydrogens is 548 g/mol. The van der Waals surface area contributed by atoms with Gasteiger partial charge in [-0.2, -0.15) is 0 Å². The number of carbonyl (C=O) groups is 2. The highest BCUT2D eigenvalue weighted by Crippen LogP contribution is 2.33. The van der Waals surface area contributed by atoms with Crippen LogP contribution in [0.3, 0.4) is 0 Å². The molecule has 3 amide bonds.